The molecule has 0 N–H and O–H groups in total. The summed E-state index contributed by atoms with van der Waals surface area (Å²) in [4.78, 5) is 0. The summed E-state index contributed by atoms with van der Waals surface area (Å²) in [7, 11) is -11.0. The van der Waals surface area contributed by atoms with Crippen LogP contribution in [-0.2, 0) is 20.0 Å². The van der Waals surface area contributed by atoms with Crippen molar-refractivity contribution >= 4 is 20.0 Å². The van der Waals surface area contributed by atoms with E-state index in [-0.39, 0.29) is 0 Å². The molecule has 1 heterocycles. The third-order valence-electron chi connectivity index (χ3n) is 6.48. The molecule has 37 heavy (non-hydrogen) atoms. The number of nitrogens with zero attached hydrogens (tertiary/aromatic N) is 2. The smallest absolute Gasteiger partial charge is 0.421 e. The minimum atomic E-state index is -6.72. The van der Waals surface area contributed by atoms with Crippen molar-refractivity contribution in [1.82, 2.24) is 0 Å². The minimum Gasteiger partial charge on any atom is -0.421 e. The molecule has 0 atom stereocenters. The van der Waals surface area contributed by atoms with Gasteiger partial charge in [-0.15, -0.1) is 0 Å². The van der Waals surface area contributed by atoms with Crippen molar-refractivity contribution in [3.8, 4) is 0 Å². The van der Waals surface area contributed by atoms with Gasteiger partial charge in [0.05, 0.1) is 26.7 Å². The first-order chi connectivity index (χ1) is 17.0. The van der Waals surface area contributed by atoms with Crippen LogP contribution >= 0.6 is 0 Å². The molecule has 1 aliphatic rings. The van der Waals surface area contributed by atoms with Crippen molar-refractivity contribution in [3.05, 3.63) is 4.13 Å². The first-order valence-electron chi connectivity index (χ1n) is 13.2. The highest BCUT2D eigenvalue weighted by molar-refractivity contribution is 8.13. The summed E-state index contributed by atoms with van der Waals surface area (Å²) < 4.78 is 111. The number of alkyl halides is 6. The molecule has 0 radical (unpaired) electrons. The van der Waals surface area contributed by atoms with Gasteiger partial charge in [-0.1, -0.05) is 84.0 Å². The number of rotatable bonds is 17. The third kappa shape index (κ3) is 16.2. The maximum atomic E-state index is 11.4. The van der Waals surface area contributed by atoms with Gasteiger partial charge in [-0.2, -0.15) is 26.3 Å². The van der Waals surface area contributed by atoms with Gasteiger partial charge in [0.25, 0.3) is 0 Å². The van der Waals surface area contributed by atoms with Crippen LogP contribution in [0.4, 0.5) is 26.3 Å². The molecule has 0 aromatic carbocycles. The predicted octanol–water partition coefficient (Wildman–Crippen LogP) is 7.77. The lowest BCUT2D eigenvalue weighted by molar-refractivity contribution is -0.897. The summed E-state index contributed by atoms with van der Waals surface area (Å²) in [6.45, 7) is 6.63. The molecule has 0 bridgehead atoms. The van der Waals surface area contributed by atoms with Crippen LogP contribution in [0, 0.1) is 0 Å². The van der Waals surface area contributed by atoms with Crippen molar-refractivity contribution < 1.29 is 47.7 Å². The minimum absolute atomic E-state index is 0.778. The normalized spacial score (nSPS) is 16.4. The van der Waals surface area contributed by atoms with E-state index in [4.69, 9.17) is 0 Å². The molecule has 0 aromatic heterocycles. The largest absolute Gasteiger partial charge is 0.480 e. The first kappa shape index (κ1) is 36.4. The molecule has 0 spiro atoms. The highest BCUT2D eigenvalue weighted by Gasteiger charge is 2.46. The fourth-order valence-electron chi connectivity index (χ4n) is 4.22. The van der Waals surface area contributed by atoms with Gasteiger partial charge in [0.15, 0.2) is 20.0 Å². The monoisotopic (exact) mass is 590 g/mol. The molecule has 1 aliphatic heterocycles. The predicted molar refractivity (Wildman–Crippen MR) is 134 cm³/mol. The van der Waals surface area contributed by atoms with Crippen molar-refractivity contribution in [2.75, 3.05) is 26.7 Å². The summed E-state index contributed by atoms with van der Waals surface area (Å²) in [5.41, 5.74) is -12.4. The van der Waals surface area contributed by atoms with E-state index in [9.17, 15) is 43.2 Å². The molecule has 0 saturated carbocycles. The average Bonchev–Trinajstić information content (AvgIpc) is 3.18. The molecule has 1 fully saturated rings. The highest BCUT2D eigenvalue weighted by atomic mass is 32.3. The Morgan fingerprint density at radius 2 is 0.892 bits per heavy atom. The maximum absolute atomic E-state index is 11.4. The lowest BCUT2D eigenvalue weighted by Crippen LogP contribution is -2.41. The van der Waals surface area contributed by atoms with Crippen LogP contribution in [0.3, 0.4) is 0 Å². The molecule has 1 saturated heterocycles. The van der Waals surface area contributed by atoms with E-state index in [0.717, 1.165) is 4.13 Å². The van der Waals surface area contributed by atoms with Crippen molar-refractivity contribution in [2.24, 2.45) is 0 Å². The van der Waals surface area contributed by atoms with Crippen LogP contribution in [0.25, 0.3) is 4.13 Å². The Bertz CT molecular complexity index is 768. The van der Waals surface area contributed by atoms with Crippen molar-refractivity contribution in [2.45, 2.75) is 121 Å². The molecule has 1 rings (SSSR count). The second-order valence-electron chi connectivity index (χ2n) is 10.0. The van der Waals surface area contributed by atoms with Gasteiger partial charge in [-0.05, 0) is 12.8 Å². The van der Waals surface area contributed by atoms with E-state index in [0.29, 0.717) is 0 Å². The Hall–Kier alpha value is -0.600. The van der Waals surface area contributed by atoms with Gasteiger partial charge in [-0.3, -0.25) is 0 Å². The van der Waals surface area contributed by atoms with Gasteiger partial charge in [0.1, 0.15) is 0 Å². The Labute approximate surface area is 219 Å². The number of likely N-dealkylation sites (tertiary alicyclic amines) is 1. The molecule has 0 aliphatic carbocycles. The van der Waals surface area contributed by atoms with Crippen LogP contribution in [0.1, 0.15) is 110 Å². The Kier molecular flexibility index (Phi) is 16.9. The summed E-state index contributed by atoms with van der Waals surface area (Å²) >= 11 is 0. The Balaban J connectivity index is 0.000000757. The number of unbranched alkanes of at least 4 members (excludes halogenated alkanes) is 13. The maximum Gasteiger partial charge on any atom is 0.480 e. The van der Waals surface area contributed by atoms with Gasteiger partial charge in [0.2, 0.25) is 0 Å². The Morgan fingerprint density at radius 3 is 1.19 bits per heavy atom. The second kappa shape index (κ2) is 17.2. The van der Waals surface area contributed by atoms with E-state index in [2.05, 4.69) is 14.0 Å². The Morgan fingerprint density at radius 1 is 0.595 bits per heavy atom. The second-order valence-corrected chi connectivity index (χ2v) is 13.4. The number of hydrogen-bond acceptors (Lipinski definition) is 4. The van der Waals surface area contributed by atoms with Crippen LogP contribution in [0.5, 0.6) is 0 Å². The zero-order valence-electron chi connectivity index (χ0n) is 22.0. The third-order valence-corrected chi connectivity index (χ3v) is 9.22. The van der Waals surface area contributed by atoms with Gasteiger partial charge in [-0.25, -0.2) is 16.8 Å². The summed E-state index contributed by atoms with van der Waals surface area (Å²) in [5, 5.41) is 0. The molecule has 6 nitrogen and oxygen atoms in total. The van der Waals surface area contributed by atoms with E-state index < -0.39 is 31.1 Å². The lowest BCUT2D eigenvalue weighted by atomic mass is 10.0. The summed E-state index contributed by atoms with van der Waals surface area (Å²) in [6.07, 6.45) is 23.5. The number of halogens is 6. The number of quaternary nitrogens is 1. The van der Waals surface area contributed by atoms with Crippen molar-refractivity contribution in [1.29, 1.82) is 0 Å². The SMILES string of the molecule is CCCCCCCCCCCCCCCC[N+]1(C)CCCC1.O=S(=O)([N-]S(=O)(=O)C(F)(F)F)C(F)(F)F. The van der Waals surface area contributed by atoms with Gasteiger partial charge >= 0.3 is 11.0 Å². The van der Waals surface area contributed by atoms with E-state index in [1.165, 1.54) is 127 Å². The van der Waals surface area contributed by atoms with Crippen LogP contribution in [0.2, 0.25) is 0 Å². The fourth-order valence-corrected chi connectivity index (χ4v) is 5.93. The highest BCUT2D eigenvalue weighted by Crippen LogP contribution is 2.36. The molecule has 14 heteroatoms. The lowest BCUT2D eigenvalue weighted by Gasteiger charge is -2.29. The quantitative estimate of drug-likeness (QED) is 0.0985. The zero-order chi connectivity index (χ0) is 28.6. The van der Waals surface area contributed by atoms with Crippen LogP contribution < -0.4 is 0 Å². The first-order valence-corrected chi connectivity index (χ1v) is 16.1. The van der Waals surface area contributed by atoms with Crippen molar-refractivity contribution in [3.63, 3.8) is 0 Å². The molecular weight excluding hydrogens is 546 g/mol. The van der Waals surface area contributed by atoms with E-state index in [1.54, 1.807) is 0 Å². The number of hydrogen-bond donors (Lipinski definition) is 0. The molecular formula is C23H44F6N2O4S2. The fraction of sp³-hybridized carbons (Fsp3) is 1.00. The molecule has 0 unspecified atom stereocenters. The van der Waals surface area contributed by atoms with Crippen LogP contribution in [-0.4, -0.2) is 59.0 Å². The average molecular weight is 591 g/mol. The van der Waals surface area contributed by atoms with Crippen LogP contribution in [0.15, 0.2) is 0 Å². The molecule has 0 aromatic rings. The van der Waals surface area contributed by atoms with Gasteiger partial charge in [0, 0.05) is 12.8 Å². The van der Waals surface area contributed by atoms with Gasteiger partial charge < -0.3 is 8.61 Å². The summed E-state index contributed by atoms with van der Waals surface area (Å²) in [6, 6.07) is 0. The summed E-state index contributed by atoms with van der Waals surface area (Å²) in [5.74, 6) is 0. The van der Waals surface area contributed by atoms with E-state index in [1.807, 2.05) is 0 Å². The zero-order valence-corrected chi connectivity index (χ0v) is 23.7. The molecule has 0 amide bonds. The topological polar surface area (TPSA) is 82.4 Å². The standard InChI is InChI=1S/C21H44N.C2F6NO4S2/c1-3-4-5-6-7-8-9-10-11-12-13-14-15-16-19-22(2)20-17-18-21-22;3-1(4,5)14(10,11)9-15(12,13)2(6,7)8/h3-21H2,1-2H3;/q+1;-1. The number of sulfonamides is 2. The van der Waals surface area contributed by atoms with E-state index >= 15 is 0 Å². The molecule has 224 valence electrons.